The van der Waals surface area contributed by atoms with Gasteiger partial charge in [-0.15, -0.1) is 0 Å². The van der Waals surface area contributed by atoms with Crippen molar-refractivity contribution < 1.29 is 57.3 Å². The normalized spacial score (nSPS) is 13.9. The van der Waals surface area contributed by atoms with E-state index in [0.29, 0.717) is 102 Å². The Kier molecular flexibility index (Phi) is 14.6. The Morgan fingerprint density at radius 2 is 0.505 bits per heavy atom. The monoisotopic (exact) mass is 1200 g/mol. The Balaban J connectivity index is 0.000000179. The highest BCUT2D eigenvalue weighted by Crippen LogP contribution is 2.39. The Hall–Kier alpha value is -12.0. The lowest BCUT2D eigenvalue weighted by Gasteiger charge is -2.26. The van der Waals surface area contributed by atoms with Crippen molar-refractivity contribution in [2.24, 2.45) is 0 Å². The molecular weight excluding hydrogens is 1150 g/mol. The molecule has 0 saturated heterocycles. The van der Waals surface area contributed by atoms with Crippen LogP contribution in [0, 0.1) is 13.8 Å². The minimum atomic E-state index is -0.429. The number of hydrogen-bond donors (Lipinski definition) is 0. The Labute approximate surface area is 522 Å². The van der Waals surface area contributed by atoms with E-state index in [1.54, 1.807) is 121 Å². The highest BCUT2D eigenvalue weighted by molar-refractivity contribution is 6.35. The molecule has 10 aromatic carbocycles. The molecule has 0 unspecified atom stereocenters. The molecule has 91 heavy (non-hydrogen) atoms. The van der Waals surface area contributed by atoms with Crippen LogP contribution in [0.3, 0.4) is 0 Å². The van der Waals surface area contributed by atoms with Crippen LogP contribution < -0.4 is 28.7 Å². The predicted molar refractivity (Wildman–Crippen MR) is 340 cm³/mol. The van der Waals surface area contributed by atoms with E-state index in [1.165, 1.54) is 14.1 Å². The zero-order valence-electron chi connectivity index (χ0n) is 50.0. The number of aryl methyl sites for hydroxylation is 2. The van der Waals surface area contributed by atoms with E-state index in [4.69, 9.17) is 18.9 Å². The quantitative estimate of drug-likeness (QED) is 0.0996. The summed E-state index contributed by atoms with van der Waals surface area (Å²) < 4.78 is 23.9. The van der Waals surface area contributed by atoms with Gasteiger partial charge in [-0.1, -0.05) is 85.6 Å². The highest BCUT2D eigenvalue weighted by atomic mass is 16.5. The van der Waals surface area contributed by atoms with E-state index >= 15 is 0 Å². The van der Waals surface area contributed by atoms with Gasteiger partial charge in [0.1, 0.15) is 46.0 Å². The van der Waals surface area contributed by atoms with Crippen molar-refractivity contribution in [3.8, 4) is 57.1 Å². The Bertz CT molecular complexity index is 4690. The van der Waals surface area contributed by atoms with Gasteiger partial charge in [-0.05, 0) is 194 Å². The summed E-state index contributed by atoms with van der Waals surface area (Å²) in [7, 11) is 2.91. The van der Waals surface area contributed by atoms with Crippen molar-refractivity contribution in [1.29, 1.82) is 0 Å². The second kappa shape index (κ2) is 22.9. The lowest BCUT2D eigenvalue weighted by molar-refractivity contribution is 0.0677. The van der Waals surface area contributed by atoms with Crippen LogP contribution in [0.1, 0.15) is 119 Å². The molecular formula is C75H54N4O12. The van der Waals surface area contributed by atoms with Crippen molar-refractivity contribution in [2.75, 3.05) is 23.9 Å². The SMILES string of the molecule is Cc1ccc(Oc2ccc(N3C(=O)c4ccc(-c5ccc6c(c5)C(=O)N(C)C6=O)cc4C3=O)cc2)cc1.Cc1ccc(Oc2ccc(N3C(=O)c4ccc(Oc5ccc(C(C)(C)c6ccc(Oc7ccc8c(c7)C(=O)N(C)C8=O)cc6)cc5)cc4C3=O)cc2)cc1. The van der Waals surface area contributed by atoms with Gasteiger partial charge >= 0.3 is 0 Å². The molecule has 16 heteroatoms. The third-order valence-corrected chi connectivity index (χ3v) is 16.6. The molecule has 4 aliphatic rings. The fourth-order valence-corrected chi connectivity index (χ4v) is 11.2. The van der Waals surface area contributed by atoms with Gasteiger partial charge in [0.05, 0.1) is 55.9 Å². The minimum Gasteiger partial charge on any atom is -0.457 e. The van der Waals surface area contributed by atoms with Crippen molar-refractivity contribution in [1.82, 2.24) is 9.80 Å². The zero-order chi connectivity index (χ0) is 63.6. The number of carbonyl (C=O) groups excluding carboxylic acids is 8. The van der Waals surface area contributed by atoms with E-state index in [9.17, 15) is 38.4 Å². The number of imide groups is 4. The summed E-state index contributed by atoms with van der Waals surface area (Å²) in [6, 6.07) is 64.2. The Morgan fingerprint density at radius 3 is 0.868 bits per heavy atom. The number of ether oxygens (including phenoxy) is 4. The second-order valence-electron chi connectivity index (χ2n) is 22.9. The summed E-state index contributed by atoms with van der Waals surface area (Å²) >= 11 is 0. The smallest absolute Gasteiger partial charge is 0.266 e. The third-order valence-electron chi connectivity index (χ3n) is 16.6. The number of benzene rings is 10. The third kappa shape index (κ3) is 10.8. The minimum absolute atomic E-state index is 0.273. The van der Waals surface area contributed by atoms with Gasteiger partial charge in [0, 0.05) is 19.5 Å². The van der Waals surface area contributed by atoms with Crippen molar-refractivity contribution in [2.45, 2.75) is 33.1 Å². The average molecular weight is 1200 g/mol. The maximum absolute atomic E-state index is 13.5. The van der Waals surface area contributed by atoms with Crippen molar-refractivity contribution in [3.63, 3.8) is 0 Å². The number of nitrogens with zero attached hydrogens (tertiary/aromatic N) is 4. The Morgan fingerprint density at radius 1 is 0.264 bits per heavy atom. The molecule has 0 spiro atoms. The van der Waals surface area contributed by atoms with Crippen LogP contribution in [0.2, 0.25) is 0 Å². The summed E-state index contributed by atoms with van der Waals surface area (Å²) in [6.07, 6.45) is 0. The zero-order valence-corrected chi connectivity index (χ0v) is 50.0. The summed E-state index contributed by atoms with van der Waals surface area (Å²) in [4.78, 5) is 107. The average Bonchev–Trinajstić information content (AvgIpc) is 1.98. The summed E-state index contributed by atoms with van der Waals surface area (Å²) in [5.41, 5.74) is 8.78. The fourth-order valence-electron chi connectivity index (χ4n) is 11.2. The summed E-state index contributed by atoms with van der Waals surface area (Å²) in [5.74, 6) is 1.62. The van der Waals surface area contributed by atoms with Gasteiger partial charge in [0.25, 0.3) is 47.3 Å². The van der Waals surface area contributed by atoms with Gasteiger partial charge < -0.3 is 18.9 Å². The lowest BCUT2D eigenvalue weighted by atomic mass is 9.78. The van der Waals surface area contributed by atoms with Crippen LogP contribution in [-0.4, -0.2) is 71.2 Å². The molecule has 0 aromatic heterocycles. The molecule has 14 rings (SSSR count). The highest BCUT2D eigenvalue weighted by Gasteiger charge is 2.40. The van der Waals surface area contributed by atoms with Crippen LogP contribution in [0.5, 0.6) is 46.0 Å². The molecule has 8 amide bonds. The topological polar surface area (TPSA) is 186 Å². The molecule has 4 heterocycles. The maximum Gasteiger partial charge on any atom is 0.266 e. The van der Waals surface area contributed by atoms with E-state index < -0.39 is 23.6 Å². The number of anilines is 2. The maximum atomic E-state index is 13.5. The number of rotatable bonds is 13. The van der Waals surface area contributed by atoms with Crippen LogP contribution >= 0.6 is 0 Å². The first kappa shape index (κ1) is 58.0. The molecule has 0 aliphatic carbocycles. The molecule has 0 atom stereocenters. The van der Waals surface area contributed by atoms with Crippen molar-refractivity contribution >= 4 is 58.6 Å². The van der Waals surface area contributed by atoms with Gasteiger partial charge in [-0.25, -0.2) is 9.80 Å². The van der Waals surface area contributed by atoms with E-state index in [1.807, 2.05) is 111 Å². The van der Waals surface area contributed by atoms with Crippen molar-refractivity contribution in [3.05, 3.63) is 285 Å². The molecule has 0 fully saturated rings. The van der Waals surface area contributed by atoms with Crippen LogP contribution in [0.15, 0.2) is 218 Å². The summed E-state index contributed by atoms with van der Waals surface area (Å²) in [6.45, 7) is 8.25. The van der Waals surface area contributed by atoms with Gasteiger partial charge in [0.15, 0.2) is 0 Å². The first-order chi connectivity index (χ1) is 43.8. The van der Waals surface area contributed by atoms with Crippen LogP contribution in [0.25, 0.3) is 11.1 Å². The molecule has 0 saturated carbocycles. The van der Waals surface area contributed by atoms with Crippen LogP contribution in [-0.2, 0) is 5.41 Å². The van der Waals surface area contributed by atoms with Gasteiger partial charge in [-0.2, -0.15) is 0 Å². The predicted octanol–water partition coefficient (Wildman–Crippen LogP) is 15.2. The molecule has 0 bridgehead atoms. The second-order valence-corrected chi connectivity index (χ2v) is 22.9. The molecule has 16 nitrogen and oxygen atoms in total. The number of carbonyl (C=O) groups is 8. The van der Waals surface area contributed by atoms with Gasteiger partial charge in [-0.3, -0.25) is 48.2 Å². The van der Waals surface area contributed by atoms with E-state index in [-0.39, 0.29) is 40.2 Å². The molecule has 4 aliphatic heterocycles. The van der Waals surface area contributed by atoms with E-state index in [2.05, 4.69) is 13.8 Å². The van der Waals surface area contributed by atoms with Crippen LogP contribution in [0.4, 0.5) is 11.4 Å². The summed E-state index contributed by atoms with van der Waals surface area (Å²) in [5, 5.41) is 0. The largest absolute Gasteiger partial charge is 0.457 e. The standard InChI is InChI=1S/C45H34N2O7.C30H20N2O5/c1-27-5-13-31(14-6-27)52-34-19-11-30(12-20-34)47-43(50)38-24-22-36(26-40(38)44(47)51)54-33-17-9-29(10-18-33)45(2,3)28-7-15-32(16-8-28)53-35-21-23-37-39(25-35)42(49)46(4)41(37)48;1-17-3-9-21(10-4-17)37-22-11-7-20(8-12-22)32-29(35)24-14-6-19(16-26(24)30(32)36)18-5-13-23-25(15-18)28(34)31(2)27(23)33/h5-26H,1-4H3;3-16H,1-2H3. The fraction of sp³-hybridized carbons (Fsp3) is 0.0933. The van der Waals surface area contributed by atoms with Gasteiger partial charge in [0.2, 0.25) is 0 Å². The number of fused-ring (bicyclic) bond motifs is 4. The molecule has 446 valence electrons. The molecule has 10 aromatic rings. The van der Waals surface area contributed by atoms with E-state index in [0.717, 1.165) is 41.9 Å². The first-order valence-electron chi connectivity index (χ1n) is 29.0. The lowest BCUT2D eigenvalue weighted by Crippen LogP contribution is -2.29. The molecule has 0 radical (unpaired) electrons. The first-order valence-corrected chi connectivity index (χ1v) is 29.0. The number of hydrogen-bond acceptors (Lipinski definition) is 12. The number of amides is 8. The molecule has 0 N–H and O–H groups in total.